The van der Waals surface area contributed by atoms with E-state index in [9.17, 15) is 0 Å². The predicted molar refractivity (Wildman–Crippen MR) is 101 cm³/mol. The highest BCUT2D eigenvalue weighted by Crippen LogP contribution is 2.26. The molecule has 0 saturated heterocycles. The highest BCUT2D eigenvalue weighted by Gasteiger charge is 2.18. The van der Waals surface area contributed by atoms with E-state index in [2.05, 4.69) is 81.5 Å². The van der Waals surface area contributed by atoms with E-state index in [4.69, 9.17) is 0 Å². The Morgan fingerprint density at radius 2 is 1.79 bits per heavy atom. The van der Waals surface area contributed by atoms with Gasteiger partial charge in [0.2, 0.25) is 11.2 Å². The van der Waals surface area contributed by atoms with Crippen molar-refractivity contribution in [3.8, 4) is 11.3 Å². The highest BCUT2D eigenvalue weighted by molar-refractivity contribution is 5.75. The van der Waals surface area contributed by atoms with E-state index in [0.717, 1.165) is 11.9 Å². The van der Waals surface area contributed by atoms with Gasteiger partial charge in [0, 0.05) is 23.9 Å². The van der Waals surface area contributed by atoms with Gasteiger partial charge in [0.25, 0.3) is 0 Å². The van der Waals surface area contributed by atoms with Crippen LogP contribution in [0.4, 0.5) is 0 Å². The maximum atomic E-state index is 4.67. The summed E-state index contributed by atoms with van der Waals surface area (Å²) in [5.74, 6) is 0.638. The van der Waals surface area contributed by atoms with Crippen molar-refractivity contribution in [3.63, 3.8) is 0 Å². The summed E-state index contributed by atoms with van der Waals surface area (Å²) in [7, 11) is 2.15. The first-order chi connectivity index (χ1) is 11.4. The van der Waals surface area contributed by atoms with Crippen LogP contribution in [0.25, 0.3) is 22.3 Å². The van der Waals surface area contributed by atoms with Crippen LogP contribution in [-0.2, 0) is 13.5 Å². The van der Waals surface area contributed by atoms with Crippen molar-refractivity contribution >= 4 is 11.0 Å². The lowest BCUT2D eigenvalue weighted by Gasteiger charge is -2.11. The zero-order chi connectivity index (χ0) is 17.4. The molecule has 0 fully saturated rings. The number of pyridine rings is 2. The van der Waals surface area contributed by atoms with Crippen molar-refractivity contribution in [2.75, 3.05) is 0 Å². The normalized spacial score (nSPS) is 11.5. The van der Waals surface area contributed by atoms with E-state index in [1.165, 1.54) is 39.0 Å². The van der Waals surface area contributed by atoms with Gasteiger partial charge >= 0.3 is 0 Å². The fourth-order valence-corrected chi connectivity index (χ4v) is 3.46. The molecule has 0 saturated carbocycles. The topological polar surface area (TPSA) is 16.8 Å². The molecule has 2 aromatic heterocycles. The van der Waals surface area contributed by atoms with E-state index >= 15 is 0 Å². The Balaban J connectivity index is 2.21. The second-order valence-corrected chi connectivity index (χ2v) is 7.38. The maximum Gasteiger partial charge on any atom is 0.231 e. The van der Waals surface area contributed by atoms with E-state index in [-0.39, 0.29) is 0 Å². The number of rotatable bonds is 3. The molecule has 24 heavy (non-hydrogen) atoms. The Bertz CT molecular complexity index is 907. The van der Waals surface area contributed by atoms with Crippen molar-refractivity contribution in [3.05, 3.63) is 58.8 Å². The third kappa shape index (κ3) is 3.06. The zero-order valence-corrected chi connectivity index (χ0v) is 15.6. The Morgan fingerprint density at radius 3 is 2.50 bits per heavy atom. The van der Waals surface area contributed by atoms with Gasteiger partial charge in [0.05, 0.1) is 0 Å². The molecule has 0 bridgehead atoms. The molecule has 0 atom stereocenters. The molecule has 0 aliphatic heterocycles. The van der Waals surface area contributed by atoms with Crippen molar-refractivity contribution in [1.82, 2.24) is 4.98 Å². The Kier molecular flexibility index (Phi) is 4.40. The van der Waals surface area contributed by atoms with Gasteiger partial charge in [0.15, 0.2) is 0 Å². The van der Waals surface area contributed by atoms with Crippen molar-refractivity contribution in [1.29, 1.82) is 0 Å². The lowest BCUT2D eigenvalue weighted by Crippen LogP contribution is -2.32. The van der Waals surface area contributed by atoms with Gasteiger partial charge in [-0.25, -0.2) is 4.98 Å². The minimum Gasteiger partial charge on any atom is -0.250 e. The molecule has 0 aliphatic rings. The van der Waals surface area contributed by atoms with Crippen LogP contribution in [0.3, 0.4) is 0 Å². The molecule has 0 N–H and O–H groups in total. The average Bonchev–Trinajstić information content (AvgIpc) is 2.51. The second-order valence-electron chi connectivity index (χ2n) is 7.38. The quantitative estimate of drug-likeness (QED) is 0.631. The summed E-state index contributed by atoms with van der Waals surface area (Å²) < 4.78 is 2.29. The lowest BCUT2D eigenvalue weighted by atomic mass is 9.97. The van der Waals surface area contributed by atoms with E-state index in [1.54, 1.807) is 0 Å². The fourth-order valence-electron chi connectivity index (χ4n) is 3.46. The van der Waals surface area contributed by atoms with Crippen molar-refractivity contribution in [2.45, 2.75) is 41.0 Å². The van der Waals surface area contributed by atoms with Gasteiger partial charge in [-0.2, -0.15) is 4.57 Å². The van der Waals surface area contributed by atoms with Crippen molar-refractivity contribution < 1.29 is 4.57 Å². The first-order valence-corrected chi connectivity index (χ1v) is 8.72. The predicted octanol–water partition coefficient (Wildman–Crippen LogP) is 4.85. The summed E-state index contributed by atoms with van der Waals surface area (Å²) in [6.07, 6.45) is 3.08. The van der Waals surface area contributed by atoms with Gasteiger partial charge in [-0.1, -0.05) is 25.5 Å². The fraction of sp³-hybridized carbons (Fsp3) is 0.364. The summed E-state index contributed by atoms with van der Waals surface area (Å²) in [5.41, 5.74) is 10.1. The third-order valence-corrected chi connectivity index (χ3v) is 4.81. The summed E-state index contributed by atoms with van der Waals surface area (Å²) in [5, 5.41) is 0. The number of benzene rings is 1. The molecule has 2 heteroatoms. The molecule has 0 radical (unpaired) electrons. The molecule has 2 heterocycles. The molecule has 0 unspecified atom stereocenters. The average molecular weight is 319 g/mol. The number of fused-ring (bicyclic) bond motifs is 1. The monoisotopic (exact) mass is 319 g/mol. The van der Waals surface area contributed by atoms with E-state index in [0.29, 0.717) is 5.92 Å². The minimum atomic E-state index is 0.638. The Labute approximate surface area is 145 Å². The standard InChI is InChI=1S/C22H27N2/c1-14(2)9-18-12-22-20(23-13-18)7-8-21(24(22)6)19-11-15(3)10-16(4)17(19)5/h7-8,10-14H,9H2,1-6H3/q+1. The van der Waals surface area contributed by atoms with Crippen LogP contribution in [0, 0.1) is 26.7 Å². The molecular weight excluding hydrogens is 292 g/mol. The van der Waals surface area contributed by atoms with Gasteiger partial charge in [0.1, 0.15) is 12.6 Å². The summed E-state index contributed by atoms with van der Waals surface area (Å²) in [6, 6.07) is 11.2. The molecular formula is C22H27N2+. The van der Waals surface area contributed by atoms with Gasteiger partial charge in [-0.15, -0.1) is 0 Å². The number of aromatic nitrogens is 2. The first-order valence-electron chi connectivity index (χ1n) is 8.72. The van der Waals surface area contributed by atoms with Gasteiger partial charge < -0.3 is 0 Å². The van der Waals surface area contributed by atoms with Crippen LogP contribution in [0.5, 0.6) is 0 Å². The van der Waals surface area contributed by atoms with Crippen LogP contribution in [0.1, 0.15) is 36.1 Å². The SMILES string of the molecule is Cc1cc(C)c(C)c(-c2ccc3ncc(CC(C)C)cc3[n+]2C)c1. The van der Waals surface area contributed by atoms with E-state index in [1.807, 2.05) is 6.20 Å². The summed E-state index contributed by atoms with van der Waals surface area (Å²) in [6.45, 7) is 11.1. The van der Waals surface area contributed by atoms with Crippen LogP contribution >= 0.6 is 0 Å². The number of hydrogen-bond acceptors (Lipinski definition) is 1. The maximum absolute atomic E-state index is 4.67. The molecule has 2 nitrogen and oxygen atoms in total. The van der Waals surface area contributed by atoms with Crippen LogP contribution < -0.4 is 4.57 Å². The highest BCUT2D eigenvalue weighted by atomic mass is 14.9. The van der Waals surface area contributed by atoms with Crippen molar-refractivity contribution in [2.24, 2.45) is 13.0 Å². The first kappa shape index (κ1) is 16.6. The Hall–Kier alpha value is -2.22. The third-order valence-electron chi connectivity index (χ3n) is 4.81. The molecule has 3 rings (SSSR count). The van der Waals surface area contributed by atoms with Crippen LogP contribution in [-0.4, -0.2) is 4.98 Å². The summed E-state index contributed by atoms with van der Waals surface area (Å²) >= 11 is 0. The van der Waals surface area contributed by atoms with Crippen LogP contribution in [0.2, 0.25) is 0 Å². The number of hydrogen-bond donors (Lipinski definition) is 0. The Morgan fingerprint density at radius 1 is 1.04 bits per heavy atom. The largest absolute Gasteiger partial charge is 0.250 e. The zero-order valence-electron chi connectivity index (χ0n) is 15.6. The van der Waals surface area contributed by atoms with E-state index < -0.39 is 0 Å². The summed E-state index contributed by atoms with van der Waals surface area (Å²) in [4.78, 5) is 4.67. The molecule has 0 aliphatic carbocycles. The number of nitrogens with zero attached hydrogens (tertiary/aromatic N) is 2. The number of aryl methyl sites for hydroxylation is 3. The molecule has 0 amide bonds. The lowest BCUT2D eigenvalue weighted by molar-refractivity contribution is -0.633. The molecule has 124 valence electrons. The van der Waals surface area contributed by atoms with Gasteiger partial charge in [-0.3, -0.25) is 0 Å². The molecule has 0 spiro atoms. The second kappa shape index (κ2) is 6.35. The molecule has 1 aromatic carbocycles. The van der Waals surface area contributed by atoms with Gasteiger partial charge in [-0.05, 0) is 61.9 Å². The molecule has 3 aromatic rings. The minimum absolute atomic E-state index is 0.638. The smallest absolute Gasteiger partial charge is 0.231 e. The van der Waals surface area contributed by atoms with Crippen LogP contribution in [0.15, 0.2) is 36.5 Å².